The summed E-state index contributed by atoms with van der Waals surface area (Å²) in [5, 5.41) is 0. The number of ether oxygens (including phenoxy) is 2. The van der Waals surface area contributed by atoms with Crippen LogP contribution in [-0.2, 0) is 19.1 Å². The molecule has 0 amide bonds. The van der Waals surface area contributed by atoms with Crippen molar-refractivity contribution in [1.29, 1.82) is 0 Å². The molecule has 0 aliphatic heterocycles. The van der Waals surface area contributed by atoms with Crippen LogP contribution in [0.5, 0.6) is 0 Å². The lowest BCUT2D eigenvalue weighted by atomic mass is 10.1. The summed E-state index contributed by atoms with van der Waals surface area (Å²) in [5.41, 5.74) is 0.153. The molecule has 0 saturated carbocycles. The molecule has 4 heteroatoms. The number of hydrogen-bond donors (Lipinski definition) is 0. The largest absolute Gasteiger partial charge is 0.466 e. The van der Waals surface area contributed by atoms with Crippen LogP contribution in [0.2, 0.25) is 0 Å². The fraction of sp³-hybridized carbons (Fsp3) is 0.733. The van der Waals surface area contributed by atoms with Crippen molar-refractivity contribution in [2.75, 3.05) is 13.2 Å². The van der Waals surface area contributed by atoms with E-state index in [0.717, 1.165) is 19.3 Å². The van der Waals surface area contributed by atoms with Crippen LogP contribution in [-0.4, -0.2) is 25.2 Å². The number of esters is 2. The molecule has 0 rings (SSSR count). The zero-order valence-electron chi connectivity index (χ0n) is 12.4. The average Bonchev–Trinajstić information content (AvgIpc) is 2.33. The van der Waals surface area contributed by atoms with Crippen molar-refractivity contribution in [2.45, 2.75) is 52.9 Å². The van der Waals surface area contributed by atoms with E-state index in [4.69, 9.17) is 9.47 Å². The molecule has 0 spiro atoms. The Kier molecular flexibility index (Phi) is 9.85. The molecule has 0 atom stereocenters. The second-order valence-corrected chi connectivity index (χ2v) is 4.96. The highest BCUT2D eigenvalue weighted by Gasteiger charge is 2.13. The Bertz CT molecular complexity index is 295. The van der Waals surface area contributed by atoms with E-state index in [0.29, 0.717) is 19.1 Å². The summed E-state index contributed by atoms with van der Waals surface area (Å²) in [5.74, 6) is -0.231. The zero-order valence-corrected chi connectivity index (χ0v) is 12.4. The summed E-state index contributed by atoms with van der Waals surface area (Å²) in [4.78, 5) is 22.6. The Balaban J connectivity index is 3.63. The van der Waals surface area contributed by atoms with E-state index in [1.54, 1.807) is 6.92 Å². The molecule has 19 heavy (non-hydrogen) atoms. The first-order valence-corrected chi connectivity index (χ1v) is 6.97. The first kappa shape index (κ1) is 17.7. The summed E-state index contributed by atoms with van der Waals surface area (Å²) in [6, 6.07) is 0. The van der Waals surface area contributed by atoms with Crippen molar-refractivity contribution in [3.63, 3.8) is 0 Å². The molecule has 0 N–H and O–H groups in total. The Hall–Kier alpha value is -1.32. The Morgan fingerprint density at radius 2 is 1.79 bits per heavy atom. The van der Waals surface area contributed by atoms with Crippen molar-refractivity contribution in [2.24, 2.45) is 5.92 Å². The van der Waals surface area contributed by atoms with Gasteiger partial charge in [0.05, 0.1) is 19.6 Å². The van der Waals surface area contributed by atoms with Gasteiger partial charge in [0.1, 0.15) is 0 Å². The van der Waals surface area contributed by atoms with Crippen molar-refractivity contribution in [1.82, 2.24) is 0 Å². The second kappa shape index (κ2) is 10.6. The molecule has 0 bridgehead atoms. The molecule has 0 aliphatic rings. The predicted molar refractivity (Wildman–Crippen MR) is 74.7 cm³/mol. The summed E-state index contributed by atoms with van der Waals surface area (Å²) in [6.07, 6.45) is 4.16. The maximum Gasteiger partial charge on any atom is 0.333 e. The second-order valence-electron chi connectivity index (χ2n) is 4.96. The van der Waals surface area contributed by atoms with Crippen LogP contribution < -0.4 is 0 Å². The summed E-state index contributed by atoms with van der Waals surface area (Å²) in [7, 11) is 0. The molecule has 0 aromatic heterocycles. The van der Waals surface area contributed by atoms with Crippen LogP contribution in [0.15, 0.2) is 12.2 Å². The quantitative estimate of drug-likeness (QED) is 0.347. The van der Waals surface area contributed by atoms with Gasteiger partial charge < -0.3 is 9.47 Å². The highest BCUT2D eigenvalue weighted by atomic mass is 16.5. The van der Waals surface area contributed by atoms with Crippen LogP contribution >= 0.6 is 0 Å². The van der Waals surface area contributed by atoms with E-state index in [-0.39, 0.29) is 12.0 Å². The molecule has 0 heterocycles. The lowest BCUT2D eigenvalue weighted by molar-refractivity contribution is -0.146. The lowest BCUT2D eigenvalue weighted by Gasteiger charge is -2.07. The minimum absolute atomic E-state index is 0.0972. The Labute approximate surface area is 116 Å². The van der Waals surface area contributed by atoms with E-state index in [2.05, 4.69) is 20.4 Å². The maximum absolute atomic E-state index is 11.5. The van der Waals surface area contributed by atoms with Crippen molar-refractivity contribution >= 4 is 11.9 Å². The average molecular weight is 270 g/mol. The monoisotopic (exact) mass is 270 g/mol. The van der Waals surface area contributed by atoms with Gasteiger partial charge in [-0.1, -0.05) is 39.7 Å². The van der Waals surface area contributed by atoms with Gasteiger partial charge in [-0.3, -0.25) is 4.79 Å². The van der Waals surface area contributed by atoms with Gasteiger partial charge in [-0.05, 0) is 19.3 Å². The fourth-order valence-electron chi connectivity index (χ4n) is 1.56. The number of carbonyl (C=O) groups is 2. The van der Waals surface area contributed by atoms with Crippen LogP contribution in [0.3, 0.4) is 0 Å². The van der Waals surface area contributed by atoms with Crippen molar-refractivity contribution < 1.29 is 19.1 Å². The van der Waals surface area contributed by atoms with Gasteiger partial charge in [0.25, 0.3) is 0 Å². The molecule has 0 aromatic carbocycles. The minimum atomic E-state index is -0.503. The maximum atomic E-state index is 11.5. The number of hydrogen-bond acceptors (Lipinski definition) is 4. The van der Waals surface area contributed by atoms with Crippen molar-refractivity contribution in [3.05, 3.63) is 12.2 Å². The molecule has 0 saturated heterocycles. The van der Waals surface area contributed by atoms with Gasteiger partial charge >= 0.3 is 11.9 Å². The molecule has 0 aliphatic carbocycles. The normalized spacial score (nSPS) is 10.3. The van der Waals surface area contributed by atoms with Crippen LogP contribution in [0.25, 0.3) is 0 Å². The van der Waals surface area contributed by atoms with E-state index in [1.807, 2.05) is 0 Å². The van der Waals surface area contributed by atoms with Crippen molar-refractivity contribution in [3.8, 4) is 0 Å². The summed E-state index contributed by atoms with van der Waals surface area (Å²) >= 11 is 0. The molecule has 110 valence electrons. The predicted octanol–water partition coefficient (Wildman–Crippen LogP) is 3.26. The highest BCUT2D eigenvalue weighted by Crippen LogP contribution is 2.09. The third-order valence-corrected chi connectivity index (χ3v) is 2.61. The van der Waals surface area contributed by atoms with E-state index >= 15 is 0 Å². The third-order valence-electron chi connectivity index (χ3n) is 2.61. The number of carbonyl (C=O) groups excluding carboxylic acids is 2. The minimum Gasteiger partial charge on any atom is -0.466 e. The van der Waals surface area contributed by atoms with Gasteiger partial charge in [0.15, 0.2) is 0 Å². The number of rotatable bonds is 10. The van der Waals surface area contributed by atoms with Gasteiger partial charge in [0, 0.05) is 5.57 Å². The SMILES string of the molecule is C=C(CC(=O)OCC)C(=O)OCCCCCC(C)C. The first-order valence-electron chi connectivity index (χ1n) is 6.97. The van der Waals surface area contributed by atoms with Crippen LogP contribution in [0.4, 0.5) is 0 Å². The summed E-state index contributed by atoms with van der Waals surface area (Å²) in [6.45, 7) is 10.3. The smallest absolute Gasteiger partial charge is 0.333 e. The zero-order chi connectivity index (χ0) is 14.7. The van der Waals surface area contributed by atoms with Gasteiger partial charge in [-0.25, -0.2) is 4.79 Å². The van der Waals surface area contributed by atoms with E-state index < -0.39 is 11.9 Å². The third kappa shape index (κ3) is 10.3. The molecular weight excluding hydrogens is 244 g/mol. The topological polar surface area (TPSA) is 52.6 Å². The molecule has 4 nitrogen and oxygen atoms in total. The fourth-order valence-corrected chi connectivity index (χ4v) is 1.56. The van der Waals surface area contributed by atoms with Gasteiger partial charge in [-0.2, -0.15) is 0 Å². The molecule has 0 aromatic rings. The lowest BCUT2D eigenvalue weighted by Crippen LogP contribution is -2.13. The van der Waals surface area contributed by atoms with E-state index in [9.17, 15) is 9.59 Å². The van der Waals surface area contributed by atoms with Crippen LogP contribution in [0.1, 0.15) is 52.9 Å². The molecular formula is C15H26O4. The van der Waals surface area contributed by atoms with Gasteiger partial charge in [0.2, 0.25) is 0 Å². The van der Waals surface area contributed by atoms with E-state index in [1.165, 1.54) is 6.42 Å². The molecule has 0 unspecified atom stereocenters. The first-order chi connectivity index (χ1) is 8.97. The standard InChI is InChI=1S/C15H26O4/c1-5-18-14(16)11-13(4)15(17)19-10-8-6-7-9-12(2)3/h12H,4-11H2,1-3H3. The Morgan fingerprint density at radius 1 is 1.11 bits per heavy atom. The number of unbranched alkanes of at least 4 members (excludes halogenated alkanes) is 2. The highest BCUT2D eigenvalue weighted by molar-refractivity contribution is 5.93. The molecule has 0 radical (unpaired) electrons. The van der Waals surface area contributed by atoms with Gasteiger partial charge in [-0.15, -0.1) is 0 Å². The molecule has 0 fully saturated rings. The van der Waals surface area contributed by atoms with Crippen LogP contribution in [0, 0.1) is 5.92 Å². The Morgan fingerprint density at radius 3 is 2.37 bits per heavy atom. The summed E-state index contributed by atoms with van der Waals surface area (Å²) < 4.78 is 9.78.